The van der Waals surface area contributed by atoms with Crippen LogP contribution in [0.15, 0.2) is 42.5 Å². The van der Waals surface area contributed by atoms with Gasteiger partial charge >= 0.3 is 5.97 Å². The van der Waals surface area contributed by atoms with Gasteiger partial charge in [0.15, 0.2) is 5.78 Å². The number of hydrogen-bond donors (Lipinski definition) is 5. The van der Waals surface area contributed by atoms with Crippen molar-refractivity contribution >= 4 is 41.9 Å². The van der Waals surface area contributed by atoms with E-state index < -0.39 is 11.9 Å². The Morgan fingerprint density at radius 3 is 2.32 bits per heavy atom. The van der Waals surface area contributed by atoms with Gasteiger partial charge in [0.05, 0.1) is 17.7 Å². The topological polar surface area (TPSA) is 125 Å². The van der Waals surface area contributed by atoms with Crippen LogP contribution in [-0.2, 0) is 16.1 Å². The maximum atomic E-state index is 12.7. The average Bonchev–Trinajstić information content (AvgIpc) is 2.87. The Kier molecular flexibility index (Phi) is 13.0. The molecule has 2 aromatic carbocycles. The summed E-state index contributed by atoms with van der Waals surface area (Å²) in [4.78, 5) is 48.3. The first kappa shape index (κ1) is 31.1. The quantitative estimate of drug-likeness (QED) is 0.158. The van der Waals surface area contributed by atoms with Crippen LogP contribution in [0.2, 0.25) is 0 Å². The summed E-state index contributed by atoms with van der Waals surface area (Å²) in [7, 11) is 0. The highest BCUT2D eigenvalue weighted by Gasteiger charge is 2.21. The van der Waals surface area contributed by atoms with Crippen molar-refractivity contribution in [3.8, 4) is 0 Å². The lowest BCUT2D eigenvalue weighted by Crippen LogP contribution is -2.37. The predicted octanol–water partition coefficient (Wildman–Crippen LogP) is 4.48. The fraction of sp³-hybridized carbons (Fsp3) is 0.448. The Bertz CT molecular complexity index is 1100. The number of hydrogen-bond acceptors (Lipinski definition) is 6. The van der Waals surface area contributed by atoms with Crippen molar-refractivity contribution in [1.29, 1.82) is 0 Å². The van der Waals surface area contributed by atoms with Crippen LogP contribution in [0.4, 0.5) is 5.69 Å². The van der Waals surface area contributed by atoms with Crippen LogP contribution in [0, 0.1) is 18.8 Å². The van der Waals surface area contributed by atoms with Crippen LogP contribution >= 0.6 is 12.6 Å². The largest absolute Gasteiger partial charge is 0.478 e. The van der Waals surface area contributed by atoms with Gasteiger partial charge in [0.25, 0.3) is 5.91 Å². The van der Waals surface area contributed by atoms with E-state index in [0.717, 1.165) is 31.4 Å². The molecule has 0 aliphatic carbocycles. The number of rotatable bonds is 16. The van der Waals surface area contributed by atoms with E-state index in [0.29, 0.717) is 30.0 Å². The van der Waals surface area contributed by atoms with E-state index in [1.807, 2.05) is 26.0 Å². The molecule has 2 amide bonds. The Morgan fingerprint density at radius 2 is 1.68 bits per heavy atom. The van der Waals surface area contributed by atoms with Gasteiger partial charge in [0, 0.05) is 30.3 Å². The summed E-state index contributed by atoms with van der Waals surface area (Å²) in [5, 5.41) is 18.3. The van der Waals surface area contributed by atoms with Crippen LogP contribution in [0.5, 0.6) is 0 Å². The minimum atomic E-state index is -1.14. The molecule has 1 unspecified atom stereocenters. The summed E-state index contributed by atoms with van der Waals surface area (Å²) in [5.41, 5.74) is 2.37. The highest BCUT2D eigenvalue weighted by Crippen LogP contribution is 2.18. The number of nitrogens with one attached hydrogen (secondary N) is 3. The second-order valence-corrected chi connectivity index (χ2v) is 10.1. The molecule has 0 spiro atoms. The minimum absolute atomic E-state index is 0.0246. The van der Waals surface area contributed by atoms with Crippen molar-refractivity contribution in [3.05, 3.63) is 64.7 Å². The zero-order valence-corrected chi connectivity index (χ0v) is 23.3. The Hall–Kier alpha value is -3.17. The fourth-order valence-electron chi connectivity index (χ4n) is 4.03. The third-order valence-electron chi connectivity index (χ3n) is 6.38. The second kappa shape index (κ2) is 15.9. The van der Waals surface area contributed by atoms with Crippen LogP contribution < -0.4 is 16.0 Å². The molecule has 4 N–H and O–H groups in total. The molecule has 0 heterocycles. The van der Waals surface area contributed by atoms with E-state index >= 15 is 0 Å². The van der Waals surface area contributed by atoms with Gasteiger partial charge in [-0.3, -0.25) is 14.4 Å². The number of amides is 2. The Labute approximate surface area is 230 Å². The molecule has 0 aromatic heterocycles. The van der Waals surface area contributed by atoms with Gasteiger partial charge in [-0.05, 0) is 61.6 Å². The normalized spacial score (nSPS) is 11.7. The summed E-state index contributed by atoms with van der Waals surface area (Å²) < 4.78 is 0. The summed E-state index contributed by atoms with van der Waals surface area (Å²) in [6.45, 7) is 7.21. The van der Waals surface area contributed by atoms with E-state index in [1.54, 1.807) is 31.2 Å². The summed E-state index contributed by atoms with van der Waals surface area (Å²) in [6.07, 6.45) is 3.10. The summed E-state index contributed by atoms with van der Waals surface area (Å²) >= 11 is 4.22. The van der Waals surface area contributed by atoms with Crippen LogP contribution in [0.25, 0.3) is 0 Å². The second-order valence-electron chi connectivity index (χ2n) is 9.73. The molecule has 0 aliphatic rings. The summed E-state index contributed by atoms with van der Waals surface area (Å²) in [5.74, 6) is -1.19. The molecular weight excluding hydrogens is 502 g/mol. The molecule has 0 aliphatic heterocycles. The third kappa shape index (κ3) is 9.95. The Morgan fingerprint density at radius 1 is 0.974 bits per heavy atom. The smallest absolute Gasteiger partial charge is 0.336 e. The molecule has 38 heavy (non-hydrogen) atoms. The third-order valence-corrected chi connectivity index (χ3v) is 6.77. The lowest BCUT2D eigenvalue weighted by atomic mass is 9.97. The van der Waals surface area contributed by atoms with Crippen molar-refractivity contribution in [2.75, 3.05) is 24.2 Å². The number of unbranched alkanes of at least 4 members (excludes halogenated alkanes) is 2. The average molecular weight is 542 g/mol. The lowest BCUT2D eigenvalue weighted by Gasteiger charge is -2.17. The number of carboxylic acid groups (broad SMARTS) is 1. The van der Waals surface area contributed by atoms with Crippen LogP contribution in [-0.4, -0.2) is 47.5 Å². The number of carbonyl (C=O) groups is 4. The number of aromatic carboxylic acids is 1. The molecule has 0 radical (unpaired) electrons. The number of Topliss-reactive ketones (excluding diaryl/α,β-unsaturated/α-hetero) is 1. The number of benzene rings is 2. The zero-order valence-electron chi connectivity index (χ0n) is 22.4. The maximum absolute atomic E-state index is 12.7. The van der Waals surface area contributed by atoms with Gasteiger partial charge in [0.2, 0.25) is 5.91 Å². The van der Waals surface area contributed by atoms with Crippen molar-refractivity contribution in [2.24, 2.45) is 11.8 Å². The molecule has 0 saturated carbocycles. The number of ketones is 1. The van der Waals surface area contributed by atoms with Crippen molar-refractivity contribution in [1.82, 2.24) is 10.6 Å². The van der Waals surface area contributed by atoms with Crippen molar-refractivity contribution in [2.45, 2.75) is 53.0 Å². The van der Waals surface area contributed by atoms with Crippen LogP contribution in [0.3, 0.4) is 0 Å². The standard InChI is InChI=1S/C29H39N3O5S/c1-19(2)25(18-38)27(34)31-17-23(33)9-5-4-6-15-30-16-21-11-13-22(14-12-21)32-28(35)26-20(3)8-7-10-24(26)29(36)37/h7-8,10-14,19,25,30,38H,4-6,9,15-18H2,1-3H3,(H,31,34)(H,32,35)(H,36,37). The molecule has 9 heteroatoms. The molecule has 206 valence electrons. The molecule has 0 bridgehead atoms. The van der Waals surface area contributed by atoms with E-state index in [1.165, 1.54) is 6.07 Å². The van der Waals surface area contributed by atoms with E-state index in [9.17, 15) is 24.3 Å². The molecule has 0 fully saturated rings. The molecule has 2 rings (SSSR count). The SMILES string of the molecule is Cc1cccc(C(=O)O)c1C(=O)Nc1ccc(CNCCCCCC(=O)CNC(=O)C(CS)C(C)C)cc1. The highest BCUT2D eigenvalue weighted by molar-refractivity contribution is 7.80. The number of thiol groups is 1. The molecular formula is C29H39N3O5S. The molecule has 2 aromatic rings. The predicted molar refractivity (Wildman–Crippen MR) is 153 cm³/mol. The first-order valence-electron chi connectivity index (χ1n) is 13.0. The van der Waals surface area contributed by atoms with E-state index in [4.69, 9.17) is 0 Å². The van der Waals surface area contributed by atoms with Crippen LogP contribution in [0.1, 0.15) is 71.4 Å². The Balaban J connectivity index is 1.65. The first-order valence-corrected chi connectivity index (χ1v) is 13.6. The van der Waals surface area contributed by atoms with Gasteiger partial charge in [0.1, 0.15) is 0 Å². The van der Waals surface area contributed by atoms with E-state index in [-0.39, 0.29) is 41.2 Å². The highest BCUT2D eigenvalue weighted by atomic mass is 32.1. The maximum Gasteiger partial charge on any atom is 0.336 e. The number of anilines is 1. The van der Waals surface area contributed by atoms with Gasteiger partial charge < -0.3 is 21.1 Å². The monoisotopic (exact) mass is 541 g/mol. The molecule has 8 nitrogen and oxygen atoms in total. The van der Waals surface area contributed by atoms with Gasteiger partial charge in [-0.25, -0.2) is 4.79 Å². The lowest BCUT2D eigenvalue weighted by molar-refractivity contribution is -0.128. The fourth-order valence-corrected chi connectivity index (χ4v) is 4.62. The van der Waals surface area contributed by atoms with Gasteiger partial charge in [-0.15, -0.1) is 0 Å². The number of carboxylic acids is 1. The van der Waals surface area contributed by atoms with Crippen molar-refractivity contribution < 1.29 is 24.3 Å². The van der Waals surface area contributed by atoms with E-state index in [2.05, 4.69) is 28.6 Å². The van der Waals surface area contributed by atoms with Gasteiger partial charge in [-0.2, -0.15) is 12.6 Å². The number of aryl methyl sites for hydroxylation is 1. The minimum Gasteiger partial charge on any atom is -0.478 e. The summed E-state index contributed by atoms with van der Waals surface area (Å²) in [6, 6.07) is 12.1. The molecule has 0 saturated heterocycles. The van der Waals surface area contributed by atoms with Crippen molar-refractivity contribution in [3.63, 3.8) is 0 Å². The number of carbonyl (C=O) groups excluding carboxylic acids is 3. The first-order chi connectivity index (χ1) is 18.1. The molecule has 1 atom stereocenters. The zero-order chi connectivity index (χ0) is 28.1. The van der Waals surface area contributed by atoms with Gasteiger partial charge in [-0.1, -0.05) is 44.5 Å².